The van der Waals surface area contributed by atoms with Gasteiger partial charge >= 0.3 is 5.95 Å². The molecule has 0 saturated carbocycles. The van der Waals surface area contributed by atoms with E-state index in [-0.39, 0.29) is 11.6 Å². The van der Waals surface area contributed by atoms with Crippen molar-refractivity contribution in [3.05, 3.63) is 5.51 Å². The van der Waals surface area contributed by atoms with E-state index in [1.165, 1.54) is 11.3 Å². The molecule has 2 rings (SSSR count). The Morgan fingerprint density at radius 3 is 3.20 bits per heavy atom. The molecule has 0 radical (unpaired) electrons. The summed E-state index contributed by atoms with van der Waals surface area (Å²) in [7, 11) is 0. The van der Waals surface area contributed by atoms with Crippen LogP contribution in [0.4, 0.5) is 5.69 Å². The summed E-state index contributed by atoms with van der Waals surface area (Å²) in [6.07, 6.45) is 0. The lowest BCUT2D eigenvalue weighted by molar-refractivity contribution is 0.346. The van der Waals surface area contributed by atoms with Crippen molar-refractivity contribution in [2.24, 2.45) is 0 Å². The molecule has 0 aromatic carbocycles. The summed E-state index contributed by atoms with van der Waals surface area (Å²) in [4.78, 5) is 3.81. The van der Waals surface area contributed by atoms with Crippen molar-refractivity contribution in [3.63, 3.8) is 0 Å². The maximum absolute atomic E-state index is 8.91. The van der Waals surface area contributed by atoms with Gasteiger partial charge in [0, 0.05) is 0 Å². The van der Waals surface area contributed by atoms with Crippen LogP contribution in [0.1, 0.15) is 0 Å². The van der Waals surface area contributed by atoms with E-state index in [0.717, 1.165) is 0 Å². The minimum Gasteiger partial charge on any atom is -0.479 e. The number of hydrogen-bond donors (Lipinski definition) is 2. The lowest BCUT2D eigenvalue weighted by atomic mass is 10.5. The molecule has 3 N–H and O–H groups in total. The molecule has 0 spiro atoms. The van der Waals surface area contributed by atoms with Crippen LogP contribution in [-0.2, 0) is 0 Å². The number of fused-ring (bicyclic) bond motifs is 1. The van der Waals surface area contributed by atoms with Crippen LogP contribution in [0.15, 0.2) is 9.93 Å². The Morgan fingerprint density at radius 1 is 1.70 bits per heavy atom. The molecule has 0 atom stereocenters. The van der Waals surface area contributed by atoms with E-state index in [9.17, 15) is 0 Å². The molecule has 0 aliphatic rings. The number of aromatic nitrogens is 1. The van der Waals surface area contributed by atoms with Gasteiger partial charge in [0.05, 0.1) is 5.51 Å². The number of furan rings is 1. The number of aromatic hydroxyl groups is 1. The van der Waals surface area contributed by atoms with Gasteiger partial charge in [-0.3, -0.25) is 0 Å². The topological polar surface area (TPSA) is 72.3 Å². The highest BCUT2D eigenvalue weighted by Gasteiger charge is 2.11. The third-order valence-electron chi connectivity index (χ3n) is 1.20. The van der Waals surface area contributed by atoms with Crippen LogP contribution in [0.2, 0.25) is 0 Å². The molecule has 0 aliphatic heterocycles. The minimum atomic E-state index is -0.241. The highest BCUT2D eigenvalue weighted by atomic mass is 32.1. The monoisotopic (exact) mass is 156 g/mol. The van der Waals surface area contributed by atoms with Gasteiger partial charge in [0.25, 0.3) is 0 Å². The largest absolute Gasteiger partial charge is 0.479 e. The molecule has 0 fully saturated rings. The summed E-state index contributed by atoms with van der Waals surface area (Å²) < 4.78 is 5.47. The van der Waals surface area contributed by atoms with Gasteiger partial charge in [0.1, 0.15) is 10.4 Å². The lowest BCUT2D eigenvalue weighted by Crippen LogP contribution is -1.78. The molecular formula is C5H4N2O2S. The second-order valence-electron chi connectivity index (χ2n) is 1.81. The van der Waals surface area contributed by atoms with Crippen molar-refractivity contribution in [1.29, 1.82) is 0 Å². The summed E-state index contributed by atoms with van der Waals surface area (Å²) >= 11 is 1.34. The molecule has 2 aromatic rings. The zero-order chi connectivity index (χ0) is 7.14. The Balaban J connectivity index is 2.95. The average molecular weight is 156 g/mol. The molecule has 52 valence electrons. The fourth-order valence-electron chi connectivity index (χ4n) is 0.731. The van der Waals surface area contributed by atoms with Gasteiger partial charge in [-0.15, -0.1) is 11.3 Å². The third-order valence-corrected chi connectivity index (χ3v) is 2.04. The molecule has 0 unspecified atom stereocenters. The number of thiazole rings is 1. The Bertz CT molecular complexity index is 364. The van der Waals surface area contributed by atoms with Gasteiger partial charge in [-0.2, -0.15) is 0 Å². The zero-order valence-corrected chi connectivity index (χ0v) is 5.68. The SMILES string of the molecule is Nc1c(O)oc2ncsc12. The molecule has 2 heterocycles. The van der Waals surface area contributed by atoms with Crippen LogP contribution in [0, 0.1) is 0 Å². The van der Waals surface area contributed by atoms with Crippen LogP contribution in [0.3, 0.4) is 0 Å². The fourth-order valence-corrected chi connectivity index (χ4v) is 1.39. The second-order valence-corrected chi connectivity index (χ2v) is 2.66. The van der Waals surface area contributed by atoms with E-state index in [4.69, 9.17) is 15.3 Å². The summed E-state index contributed by atoms with van der Waals surface area (Å²) in [6.45, 7) is 0. The third kappa shape index (κ3) is 0.522. The summed E-state index contributed by atoms with van der Waals surface area (Å²) in [6, 6.07) is 0. The van der Waals surface area contributed by atoms with Crippen LogP contribution >= 0.6 is 11.3 Å². The first kappa shape index (κ1) is 5.55. The van der Waals surface area contributed by atoms with Crippen LogP contribution in [-0.4, -0.2) is 10.1 Å². The van der Waals surface area contributed by atoms with E-state index in [0.29, 0.717) is 10.4 Å². The number of nitrogens with two attached hydrogens (primary N) is 1. The zero-order valence-electron chi connectivity index (χ0n) is 4.87. The standard InChI is InChI=1S/C5H4N2O2S/c6-2-3-4(7-1-10-3)9-5(2)8/h1,8H,6H2. The molecule has 4 nitrogen and oxygen atoms in total. The Labute approximate surface area is 59.9 Å². The van der Waals surface area contributed by atoms with E-state index < -0.39 is 0 Å². The normalized spacial score (nSPS) is 10.8. The Kier molecular flexibility index (Phi) is 0.906. The summed E-state index contributed by atoms with van der Waals surface area (Å²) in [5, 5.41) is 8.91. The lowest BCUT2D eigenvalue weighted by Gasteiger charge is -1.81. The second kappa shape index (κ2) is 1.63. The Hall–Kier alpha value is -1.23. The fraction of sp³-hybridized carbons (Fsp3) is 0. The van der Waals surface area contributed by atoms with Crippen molar-refractivity contribution >= 4 is 27.4 Å². The number of rotatable bonds is 0. The molecule has 2 aromatic heterocycles. The maximum Gasteiger partial charge on any atom is 0.309 e. The summed E-state index contributed by atoms with van der Waals surface area (Å²) in [5.41, 5.74) is 7.70. The first-order chi connectivity index (χ1) is 4.79. The molecule has 0 saturated heterocycles. The number of nitrogen functional groups attached to an aromatic ring is 1. The van der Waals surface area contributed by atoms with E-state index in [2.05, 4.69) is 4.98 Å². The predicted octanol–water partition coefficient (Wildman–Crippen LogP) is 1.18. The molecule has 0 bridgehead atoms. The van der Waals surface area contributed by atoms with E-state index in [1.54, 1.807) is 5.51 Å². The first-order valence-corrected chi connectivity index (χ1v) is 3.47. The molecule has 10 heavy (non-hydrogen) atoms. The smallest absolute Gasteiger partial charge is 0.309 e. The van der Waals surface area contributed by atoms with E-state index in [1.807, 2.05) is 0 Å². The average Bonchev–Trinajstić information content (AvgIpc) is 2.41. The van der Waals surface area contributed by atoms with Crippen LogP contribution < -0.4 is 5.73 Å². The van der Waals surface area contributed by atoms with Crippen molar-refractivity contribution in [3.8, 4) is 5.95 Å². The predicted molar refractivity (Wildman–Crippen MR) is 38.0 cm³/mol. The van der Waals surface area contributed by atoms with Crippen molar-refractivity contribution in [2.75, 3.05) is 5.73 Å². The molecule has 5 heteroatoms. The summed E-state index contributed by atoms with van der Waals surface area (Å²) in [5.74, 6) is -0.241. The van der Waals surface area contributed by atoms with Gasteiger partial charge in [-0.1, -0.05) is 0 Å². The van der Waals surface area contributed by atoms with Gasteiger partial charge in [-0.05, 0) is 0 Å². The van der Waals surface area contributed by atoms with Crippen molar-refractivity contribution < 1.29 is 9.52 Å². The van der Waals surface area contributed by atoms with Gasteiger partial charge < -0.3 is 15.3 Å². The molecule has 0 aliphatic carbocycles. The number of anilines is 1. The van der Waals surface area contributed by atoms with Crippen molar-refractivity contribution in [1.82, 2.24) is 4.98 Å². The first-order valence-electron chi connectivity index (χ1n) is 2.59. The minimum absolute atomic E-state index is 0.241. The van der Waals surface area contributed by atoms with Crippen LogP contribution in [0.5, 0.6) is 5.95 Å². The van der Waals surface area contributed by atoms with Gasteiger partial charge in [-0.25, -0.2) is 4.98 Å². The number of nitrogens with zero attached hydrogens (tertiary/aromatic N) is 1. The van der Waals surface area contributed by atoms with E-state index >= 15 is 0 Å². The van der Waals surface area contributed by atoms with Gasteiger partial charge in [0.15, 0.2) is 0 Å². The maximum atomic E-state index is 8.91. The Morgan fingerprint density at radius 2 is 2.50 bits per heavy atom. The molecular weight excluding hydrogens is 152 g/mol. The quantitative estimate of drug-likeness (QED) is 0.600. The highest BCUT2D eigenvalue weighted by Crippen LogP contribution is 2.34. The number of hydrogen-bond acceptors (Lipinski definition) is 5. The molecule has 0 amide bonds. The van der Waals surface area contributed by atoms with Gasteiger partial charge in [0.2, 0.25) is 5.71 Å². The van der Waals surface area contributed by atoms with Crippen LogP contribution in [0.25, 0.3) is 10.4 Å². The van der Waals surface area contributed by atoms with Crippen molar-refractivity contribution in [2.45, 2.75) is 0 Å². The highest BCUT2D eigenvalue weighted by molar-refractivity contribution is 7.17.